The molecule has 9 heteroatoms. The minimum absolute atomic E-state index is 0.0173. The summed E-state index contributed by atoms with van der Waals surface area (Å²) in [6.45, 7) is 4.21. The first-order valence-corrected chi connectivity index (χ1v) is 12.2. The van der Waals surface area contributed by atoms with Crippen molar-refractivity contribution in [1.29, 1.82) is 0 Å². The van der Waals surface area contributed by atoms with E-state index in [0.717, 1.165) is 12.0 Å². The van der Waals surface area contributed by atoms with Crippen molar-refractivity contribution in [3.8, 4) is 0 Å². The highest BCUT2D eigenvalue weighted by molar-refractivity contribution is 7.89. The van der Waals surface area contributed by atoms with Crippen LogP contribution in [-0.4, -0.2) is 34.9 Å². The van der Waals surface area contributed by atoms with Gasteiger partial charge in [0.2, 0.25) is 20.0 Å². The zero-order valence-corrected chi connectivity index (χ0v) is 17.2. The van der Waals surface area contributed by atoms with Crippen LogP contribution in [-0.2, 0) is 31.3 Å². The lowest BCUT2D eigenvalue weighted by atomic mass is 9.70. The van der Waals surface area contributed by atoms with Gasteiger partial charge in [-0.05, 0) is 48.3 Å². The Balaban J connectivity index is 1.62. The van der Waals surface area contributed by atoms with Gasteiger partial charge in [-0.2, -0.15) is 0 Å². The smallest absolute Gasteiger partial charge is 0.238 e. The third kappa shape index (κ3) is 3.70. The van der Waals surface area contributed by atoms with Crippen LogP contribution < -0.4 is 9.86 Å². The second kappa shape index (κ2) is 6.65. The van der Waals surface area contributed by atoms with E-state index < -0.39 is 25.5 Å². The van der Waals surface area contributed by atoms with Gasteiger partial charge in [0.15, 0.2) is 0 Å². The molecule has 3 rings (SSSR count). The first kappa shape index (κ1) is 20.4. The van der Waals surface area contributed by atoms with Gasteiger partial charge in [-0.3, -0.25) is 4.79 Å². The average molecular weight is 415 g/mol. The number of ketones is 1. The Hall–Kier alpha value is -1.29. The first-order chi connectivity index (χ1) is 12.4. The van der Waals surface area contributed by atoms with Gasteiger partial charge >= 0.3 is 0 Å². The summed E-state index contributed by atoms with van der Waals surface area (Å²) >= 11 is 0. The predicted molar refractivity (Wildman–Crippen MR) is 102 cm³/mol. The van der Waals surface area contributed by atoms with Crippen molar-refractivity contribution in [2.24, 2.45) is 21.9 Å². The molecule has 0 heterocycles. The van der Waals surface area contributed by atoms with E-state index in [-0.39, 0.29) is 34.3 Å². The van der Waals surface area contributed by atoms with E-state index in [1.165, 1.54) is 12.1 Å². The molecule has 2 bridgehead atoms. The number of hydrogen-bond donors (Lipinski definition) is 2. The predicted octanol–water partition coefficient (Wildman–Crippen LogP) is 1.19. The van der Waals surface area contributed by atoms with Crippen molar-refractivity contribution in [3.05, 3.63) is 29.8 Å². The summed E-state index contributed by atoms with van der Waals surface area (Å²) < 4.78 is 50.3. The van der Waals surface area contributed by atoms with E-state index in [2.05, 4.69) is 4.72 Å². The number of sulfonamides is 2. The van der Waals surface area contributed by atoms with Crippen molar-refractivity contribution in [1.82, 2.24) is 4.72 Å². The third-order valence-electron chi connectivity index (χ3n) is 6.56. The molecule has 2 saturated carbocycles. The number of nitrogens with one attached hydrogen (secondary N) is 1. The second-order valence-electron chi connectivity index (χ2n) is 8.26. The van der Waals surface area contributed by atoms with Crippen LogP contribution in [0.5, 0.6) is 0 Å². The van der Waals surface area contributed by atoms with Gasteiger partial charge in [-0.15, -0.1) is 0 Å². The van der Waals surface area contributed by atoms with Crippen LogP contribution in [0.2, 0.25) is 0 Å². The molecule has 2 aliphatic carbocycles. The summed E-state index contributed by atoms with van der Waals surface area (Å²) in [5.41, 5.74) is -0.273. The van der Waals surface area contributed by atoms with E-state index in [0.29, 0.717) is 19.3 Å². The maximum absolute atomic E-state index is 12.6. The molecule has 1 aromatic carbocycles. The number of carbonyl (C=O) groups excluding carboxylic acids is 1. The zero-order chi connectivity index (χ0) is 20.1. The van der Waals surface area contributed by atoms with Gasteiger partial charge in [0.25, 0.3) is 0 Å². The van der Waals surface area contributed by atoms with E-state index in [1.54, 1.807) is 12.1 Å². The molecule has 2 aliphatic rings. The number of Topliss-reactive ketones (excluding diaryl/α,β-unsaturated/α-hetero) is 1. The molecule has 7 nitrogen and oxygen atoms in total. The molecule has 2 fully saturated rings. The number of primary sulfonamides is 1. The van der Waals surface area contributed by atoms with Crippen LogP contribution in [0, 0.1) is 16.7 Å². The molecule has 150 valence electrons. The molecule has 27 heavy (non-hydrogen) atoms. The topological polar surface area (TPSA) is 123 Å². The quantitative estimate of drug-likeness (QED) is 0.694. The highest BCUT2D eigenvalue weighted by Gasteiger charge is 2.65. The summed E-state index contributed by atoms with van der Waals surface area (Å²) in [5.74, 6) is 0.192. The van der Waals surface area contributed by atoms with Crippen LogP contribution in [0.3, 0.4) is 0 Å². The monoisotopic (exact) mass is 414 g/mol. The molecule has 0 radical (unpaired) electrons. The van der Waals surface area contributed by atoms with Crippen LogP contribution in [0.15, 0.2) is 29.2 Å². The maximum atomic E-state index is 12.6. The number of carbonyl (C=O) groups is 1. The van der Waals surface area contributed by atoms with Crippen LogP contribution in [0.4, 0.5) is 0 Å². The molecular weight excluding hydrogens is 388 g/mol. The summed E-state index contributed by atoms with van der Waals surface area (Å²) in [7, 11) is -7.34. The fourth-order valence-electron chi connectivity index (χ4n) is 4.68. The van der Waals surface area contributed by atoms with Crippen LogP contribution in [0.1, 0.15) is 38.7 Å². The maximum Gasteiger partial charge on any atom is 0.238 e. The number of fused-ring (bicyclic) bond motifs is 2. The molecule has 2 atom stereocenters. The number of hydrogen-bond acceptors (Lipinski definition) is 5. The average Bonchev–Trinajstić information content (AvgIpc) is 2.88. The van der Waals surface area contributed by atoms with E-state index in [1.807, 2.05) is 13.8 Å². The Labute approximate surface area is 160 Å². The van der Waals surface area contributed by atoms with Gasteiger partial charge in [-0.25, -0.2) is 26.7 Å². The molecule has 1 aromatic rings. The molecular formula is C18H26N2O5S2. The van der Waals surface area contributed by atoms with E-state index in [9.17, 15) is 21.6 Å². The first-order valence-electron chi connectivity index (χ1n) is 9.00. The minimum atomic E-state index is -3.74. The Morgan fingerprint density at radius 3 is 2.26 bits per heavy atom. The summed E-state index contributed by atoms with van der Waals surface area (Å²) in [6.07, 6.45) is 2.44. The number of benzene rings is 1. The summed E-state index contributed by atoms with van der Waals surface area (Å²) in [6, 6.07) is 6.02. The third-order valence-corrected chi connectivity index (χ3v) is 9.01. The van der Waals surface area contributed by atoms with Gasteiger partial charge in [0.05, 0.1) is 10.6 Å². The molecule has 0 unspecified atom stereocenters. The van der Waals surface area contributed by atoms with E-state index >= 15 is 0 Å². The Morgan fingerprint density at radius 1 is 1.15 bits per heavy atom. The van der Waals surface area contributed by atoms with E-state index in [4.69, 9.17) is 5.14 Å². The fraction of sp³-hybridized carbons (Fsp3) is 0.611. The highest BCUT2D eigenvalue weighted by atomic mass is 32.2. The van der Waals surface area contributed by atoms with Gasteiger partial charge in [-0.1, -0.05) is 26.0 Å². The lowest BCUT2D eigenvalue weighted by Crippen LogP contribution is -2.45. The largest absolute Gasteiger partial charge is 0.299 e. The number of rotatable bonds is 7. The lowest BCUT2D eigenvalue weighted by molar-refractivity contribution is -0.128. The number of nitrogens with two attached hydrogens (primary N) is 1. The minimum Gasteiger partial charge on any atom is -0.299 e. The summed E-state index contributed by atoms with van der Waals surface area (Å²) in [4.78, 5) is 12.5. The molecule has 0 aliphatic heterocycles. The van der Waals surface area contributed by atoms with Crippen LogP contribution in [0.25, 0.3) is 0 Å². The highest BCUT2D eigenvalue weighted by Crippen LogP contribution is 2.64. The molecule has 0 aromatic heterocycles. The summed E-state index contributed by atoms with van der Waals surface area (Å²) in [5, 5.41) is 5.06. The standard InChI is InChI=1S/C18H26N2O5S2/c1-17(2)14-7-9-18(17,16(21)11-14)12-26(22,23)20-10-8-13-3-5-15(6-4-13)27(19,24)25/h3-6,14,20H,7-12H2,1-2H3,(H2,19,24,25)/t14-,18+/m1/s1. The fourth-order valence-corrected chi connectivity index (χ4v) is 7.04. The van der Waals surface area contributed by atoms with Gasteiger partial charge < -0.3 is 0 Å². The van der Waals surface area contributed by atoms with Crippen molar-refractivity contribution >= 4 is 25.8 Å². The molecule has 0 amide bonds. The van der Waals surface area contributed by atoms with Crippen LogP contribution >= 0.6 is 0 Å². The van der Waals surface area contributed by atoms with Crippen molar-refractivity contribution in [2.45, 2.75) is 44.4 Å². The second-order valence-corrected chi connectivity index (χ2v) is 11.6. The Kier molecular flexibility index (Phi) is 5.03. The van der Waals surface area contributed by atoms with Gasteiger partial charge in [0.1, 0.15) is 5.78 Å². The van der Waals surface area contributed by atoms with Crippen molar-refractivity contribution in [2.75, 3.05) is 12.3 Å². The van der Waals surface area contributed by atoms with Crippen molar-refractivity contribution in [3.63, 3.8) is 0 Å². The Bertz CT molecular complexity index is 952. The van der Waals surface area contributed by atoms with Crippen molar-refractivity contribution < 1.29 is 21.6 Å². The van der Waals surface area contributed by atoms with Gasteiger partial charge in [0, 0.05) is 18.4 Å². The zero-order valence-electron chi connectivity index (χ0n) is 15.6. The normalized spacial score (nSPS) is 27.2. The Morgan fingerprint density at radius 2 is 1.78 bits per heavy atom. The SMILES string of the molecule is CC1(C)[C@@H]2CC[C@]1(CS(=O)(=O)NCCc1ccc(S(N)(=O)=O)cc1)C(=O)C2. The molecule has 0 saturated heterocycles. The lowest BCUT2D eigenvalue weighted by Gasteiger charge is -2.36. The molecule has 0 spiro atoms. The molecule has 3 N–H and O–H groups in total.